The number of pyridine rings is 1. The smallest absolute Gasteiger partial charge is 0.350 e. The third kappa shape index (κ3) is 5.59. The number of aromatic nitrogens is 1. The molecule has 0 fully saturated rings. The van der Waals surface area contributed by atoms with Crippen LogP contribution in [0, 0.1) is 7.34 Å². The van der Waals surface area contributed by atoms with E-state index < -0.39 is 11.4 Å². The molecule has 1 amide bonds. The Morgan fingerprint density at radius 1 is 1.37 bits per heavy atom. The Hall–Kier alpha value is -1.80. The molecule has 0 radical (unpaired) electrons. The van der Waals surface area contributed by atoms with Crippen LogP contribution in [-0.4, -0.2) is 32.0 Å². The average molecular weight is 596 g/mol. The van der Waals surface area contributed by atoms with Gasteiger partial charge in [-0.2, -0.15) is 0 Å². The number of rotatable bonds is 7. The number of amides is 1. The molecule has 0 bridgehead atoms. The largest absolute Gasteiger partial charge is 0.415 e. The minimum Gasteiger partial charge on any atom is -0.415 e. The molecule has 0 spiro atoms. The van der Waals surface area contributed by atoms with Gasteiger partial charge in [0.05, 0.1) is 15.9 Å². The van der Waals surface area contributed by atoms with Gasteiger partial charge in [0, 0.05) is 54.5 Å². The average Bonchev–Trinajstić information content (AvgIpc) is 2.65. The standard InChI is InChI=1S/C17H15I2N3O5/c1-26-8-7-21-16(24)10-4-2-3-9(22-10)5-6-11(23)12-14(20)13(18)15(19)27-17(12)25/h2-6H,7-8,20H2,1H3,(H,21,24)/p+1. The SMILES string of the molecule is COCCNC(=O)c1cccc(C=CC(=O)c2c(N)c(I)c(I)oc2=O)[nH+]1. The summed E-state index contributed by atoms with van der Waals surface area (Å²) in [6.07, 6.45) is 2.65. The van der Waals surface area contributed by atoms with Gasteiger partial charge in [0.2, 0.25) is 5.69 Å². The van der Waals surface area contributed by atoms with E-state index in [9.17, 15) is 14.4 Å². The van der Waals surface area contributed by atoms with Crippen molar-refractivity contribution in [1.29, 1.82) is 0 Å². The van der Waals surface area contributed by atoms with E-state index >= 15 is 0 Å². The monoisotopic (exact) mass is 596 g/mol. The zero-order chi connectivity index (χ0) is 20.0. The fraction of sp³-hybridized carbons (Fsp3) is 0.176. The summed E-state index contributed by atoms with van der Waals surface area (Å²) in [6, 6.07) is 4.96. The summed E-state index contributed by atoms with van der Waals surface area (Å²) >= 11 is 3.74. The number of hydrogen-bond acceptors (Lipinski definition) is 6. The lowest BCUT2D eigenvalue weighted by atomic mass is 10.1. The summed E-state index contributed by atoms with van der Waals surface area (Å²) in [5, 5.41) is 2.69. The predicted octanol–water partition coefficient (Wildman–Crippen LogP) is 1.52. The molecule has 8 nitrogen and oxygen atoms in total. The second-order valence-corrected chi connectivity index (χ2v) is 7.29. The van der Waals surface area contributed by atoms with Gasteiger partial charge in [-0.05, 0) is 34.7 Å². The first-order valence-electron chi connectivity index (χ1n) is 7.64. The number of carbonyl (C=O) groups excluding carboxylic acids is 2. The third-order valence-corrected chi connectivity index (χ3v) is 6.24. The lowest BCUT2D eigenvalue weighted by molar-refractivity contribution is -0.385. The molecule has 27 heavy (non-hydrogen) atoms. The van der Waals surface area contributed by atoms with Crippen LogP contribution in [0.25, 0.3) is 6.08 Å². The Morgan fingerprint density at radius 3 is 2.81 bits per heavy atom. The van der Waals surface area contributed by atoms with Gasteiger partial charge >= 0.3 is 11.5 Å². The number of methoxy groups -OCH3 is 1. The molecule has 0 atom stereocenters. The maximum Gasteiger partial charge on any atom is 0.350 e. The number of nitrogen functional groups attached to an aromatic ring is 1. The highest BCUT2D eigenvalue weighted by molar-refractivity contribution is 14.1. The molecule has 0 aromatic carbocycles. The van der Waals surface area contributed by atoms with Crippen LogP contribution in [0.2, 0.25) is 0 Å². The van der Waals surface area contributed by atoms with Gasteiger partial charge in [-0.15, -0.1) is 0 Å². The maximum atomic E-state index is 12.4. The third-order valence-electron chi connectivity index (χ3n) is 3.38. The summed E-state index contributed by atoms with van der Waals surface area (Å²) in [7, 11) is 1.54. The van der Waals surface area contributed by atoms with Crippen LogP contribution in [0.1, 0.15) is 26.5 Å². The number of ether oxygens (including phenoxy) is 1. The number of nitrogens with one attached hydrogen (secondary N) is 2. The van der Waals surface area contributed by atoms with E-state index in [-0.39, 0.29) is 17.2 Å². The Morgan fingerprint density at radius 2 is 2.11 bits per heavy atom. The van der Waals surface area contributed by atoms with Crippen molar-refractivity contribution in [2.24, 2.45) is 0 Å². The number of H-pyrrole nitrogens is 1. The van der Waals surface area contributed by atoms with E-state index in [1.54, 1.807) is 25.3 Å². The van der Waals surface area contributed by atoms with Crippen molar-refractivity contribution >= 4 is 68.6 Å². The van der Waals surface area contributed by atoms with Crippen molar-refractivity contribution in [2.45, 2.75) is 0 Å². The number of halogens is 2. The van der Waals surface area contributed by atoms with Gasteiger partial charge in [-0.3, -0.25) is 9.59 Å². The Kier molecular flexibility index (Phi) is 7.91. The predicted molar refractivity (Wildman–Crippen MR) is 115 cm³/mol. The number of aromatic amines is 1. The molecule has 0 aliphatic rings. The lowest BCUT2D eigenvalue weighted by Gasteiger charge is -2.03. The highest BCUT2D eigenvalue weighted by atomic mass is 127. The summed E-state index contributed by atoms with van der Waals surface area (Å²) < 4.78 is 10.7. The molecule has 2 rings (SSSR count). The molecule has 2 aromatic rings. The molecule has 142 valence electrons. The van der Waals surface area contributed by atoms with Crippen LogP contribution < -0.4 is 21.7 Å². The summed E-state index contributed by atoms with van der Waals surface area (Å²) in [5.41, 5.74) is 5.78. The fourth-order valence-corrected chi connectivity index (χ4v) is 2.93. The summed E-state index contributed by atoms with van der Waals surface area (Å²) in [5.74, 6) is -0.885. The van der Waals surface area contributed by atoms with Crippen molar-refractivity contribution in [3.63, 3.8) is 0 Å². The van der Waals surface area contributed by atoms with E-state index in [1.807, 2.05) is 45.2 Å². The molecule has 0 aliphatic carbocycles. The molecule has 0 aliphatic heterocycles. The number of carbonyl (C=O) groups is 2. The van der Waals surface area contributed by atoms with Crippen LogP contribution in [0.3, 0.4) is 0 Å². The van der Waals surface area contributed by atoms with Crippen LogP contribution in [0.4, 0.5) is 5.69 Å². The minimum absolute atomic E-state index is 0.0844. The number of ketones is 1. The van der Waals surface area contributed by atoms with Crippen LogP contribution in [0.15, 0.2) is 33.5 Å². The second-order valence-electron chi connectivity index (χ2n) is 5.23. The Bertz CT molecular complexity index is 956. The van der Waals surface area contributed by atoms with Gasteiger partial charge in [-0.1, -0.05) is 0 Å². The Balaban J connectivity index is 2.20. The number of hydrogen-bond donors (Lipinski definition) is 2. The number of nitrogens with two attached hydrogens (primary N) is 1. The van der Waals surface area contributed by atoms with Crippen LogP contribution >= 0.6 is 45.2 Å². The van der Waals surface area contributed by atoms with E-state index in [0.717, 1.165) is 0 Å². The van der Waals surface area contributed by atoms with Crippen molar-refractivity contribution < 1.29 is 23.7 Å². The molecule has 0 saturated carbocycles. The maximum absolute atomic E-state index is 12.4. The lowest BCUT2D eigenvalue weighted by Crippen LogP contribution is -2.32. The molecule has 2 heterocycles. The van der Waals surface area contributed by atoms with E-state index in [4.69, 9.17) is 14.9 Å². The van der Waals surface area contributed by atoms with Crippen LogP contribution in [0.5, 0.6) is 0 Å². The fourth-order valence-electron chi connectivity index (χ4n) is 2.06. The molecule has 2 aromatic heterocycles. The van der Waals surface area contributed by atoms with Crippen molar-refractivity contribution in [3.8, 4) is 0 Å². The van der Waals surface area contributed by atoms with E-state index in [2.05, 4.69) is 10.3 Å². The van der Waals surface area contributed by atoms with Crippen molar-refractivity contribution in [1.82, 2.24) is 5.32 Å². The van der Waals surface area contributed by atoms with Gasteiger partial charge < -0.3 is 20.2 Å². The topological polar surface area (TPSA) is 126 Å². The molecule has 0 saturated heterocycles. The number of anilines is 1. The quantitative estimate of drug-likeness (QED) is 0.216. The molecule has 0 unspecified atom stereocenters. The van der Waals surface area contributed by atoms with Crippen molar-refractivity contribution in [2.75, 3.05) is 26.0 Å². The van der Waals surface area contributed by atoms with Gasteiger partial charge in [0.25, 0.3) is 5.69 Å². The summed E-state index contributed by atoms with van der Waals surface area (Å²) in [6.45, 7) is 0.779. The highest BCUT2D eigenvalue weighted by Crippen LogP contribution is 2.23. The zero-order valence-corrected chi connectivity index (χ0v) is 18.5. The second kappa shape index (κ2) is 9.94. The first kappa shape index (κ1) is 21.5. The molecular formula is C17H16I2N3O5+. The molecule has 10 heteroatoms. The normalized spacial score (nSPS) is 10.9. The minimum atomic E-state index is -0.790. The zero-order valence-electron chi connectivity index (χ0n) is 14.2. The van der Waals surface area contributed by atoms with Gasteiger partial charge in [-0.25, -0.2) is 9.78 Å². The van der Waals surface area contributed by atoms with Crippen LogP contribution in [-0.2, 0) is 4.74 Å². The van der Waals surface area contributed by atoms with Gasteiger partial charge in [0.15, 0.2) is 9.55 Å². The summed E-state index contributed by atoms with van der Waals surface area (Å²) in [4.78, 5) is 39.3. The molecular weight excluding hydrogens is 580 g/mol. The first-order valence-corrected chi connectivity index (χ1v) is 9.80. The van der Waals surface area contributed by atoms with E-state index in [0.29, 0.717) is 31.9 Å². The number of allylic oxidation sites excluding steroid dienone is 1. The van der Waals surface area contributed by atoms with E-state index in [1.165, 1.54) is 12.2 Å². The Labute approximate surface area is 181 Å². The van der Waals surface area contributed by atoms with Crippen molar-refractivity contribution in [3.05, 3.63) is 59.0 Å². The first-order chi connectivity index (χ1) is 12.8. The van der Waals surface area contributed by atoms with Gasteiger partial charge in [0.1, 0.15) is 5.56 Å². The highest BCUT2D eigenvalue weighted by Gasteiger charge is 2.19. The molecule has 4 N–H and O–H groups in total.